The Morgan fingerprint density at radius 1 is 1.22 bits per heavy atom. The van der Waals surface area contributed by atoms with E-state index in [9.17, 15) is 14.4 Å². The molecule has 0 radical (unpaired) electrons. The van der Waals surface area contributed by atoms with Crippen LogP contribution in [0.3, 0.4) is 0 Å². The van der Waals surface area contributed by atoms with E-state index in [1.165, 1.54) is 18.1 Å². The minimum absolute atomic E-state index is 0.0198. The Labute approximate surface area is 133 Å². The third-order valence-corrected chi connectivity index (χ3v) is 3.82. The molecule has 1 fully saturated rings. The van der Waals surface area contributed by atoms with Gasteiger partial charge in [0.15, 0.2) is 0 Å². The van der Waals surface area contributed by atoms with Crippen LogP contribution in [0, 0.1) is 0 Å². The molecule has 1 aromatic heterocycles. The van der Waals surface area contributed by atoms with Crippen molar-refractivity contribution >= 4 is 23.4 Å². The second-order valence-electron chi connectivity index (χ2n) is 5.35. The third kappa shape index (κ3) is 2.88. The molecule has 0 spiro atoms. The van der Waals surface area contributed by atoms with E-state index in [0.29, 0.717) is 11.4 Å². The fraction of sp³-hybridized carbons (Fsp3) is 0.235. The van der Waals surface area contributed by atoms with Crippen LogP contribution in [-0.2, 0) is 20.9 Å². The van der Waals surface area contributed by atoms with Crippen molar-refractivity contribution in [3.8, 4) is 0 Å². The van der Waals surface area contributed by atoms with Crippen LogP contribution in [0.4, 0.5) is 5.69 Å². The van der Waals surface area contributed by atoms with Crippen LogP contribution in [0.25, 0.3) is 0 Å². The summed E-state index contributed by atoms with van der Waals surface area (Å²) < 4.78 is 5.24. The van der Waals surface area contributed by atoms with Crippen LogP contribution >= 0.6 is 0 Å². The summed E-state index contributed by atoms with van der Waals surface area (Å²) in [5.41, 5.74) is 0.520. The largest absolute Gasteiger partial charge is 0.467 e. The van der Waals surface area contributed by atoms with Gasteiger partial charge in [0.1, 0.15) is 11.8 Å². The van der Waals surface area contributed by atoms with Crippen molar-refractivity contribution < 1.29 is 18.8 Å². The van der Waals surface area contributed by atoms with E-state index in [0.717, 1.165) is 4.90 Å². The van der Waals surface area contributed by atoms with Crippen molar-refractivity contribution in [3.05, 3.63) is 54.5 Å². The number of carbonyl (C=O) groups is 3. The number of carbonyl (C=O) groups excluding carboxylic acids is 3. The highest BCUT2D eigenvalue weighted by molar-refractivity contribution is 6.22. The van der Waals surface area contributed by atoms with Gasteiger partial charge < -0.3 is 9.32 Å². The van der Waals surface area contributed by atoms with Gasteiger partial charge in [-0.15, -0.1) is 0 Å². The molecule has 0 aliphatic carbocycles. The van der Waals surface area contributed by atoms with E-state index in [-0.39, 0.29) is 30.7 Å². The van der Waals surface area contributed by atoms with Gasteiger partial charge in [-0.25, -0.2) is 4.90 Å². The zero-order chi connectivity index (χ0) is 16.4. The molecular weight excluding hydrogens is 296 g/mol. The van der Waals surface area contributed by atoms with E-state index < -0.39 is 6.04 Å². The SMILES string of the molecule is CC(=O)N(Cc1ccco1)[C@@H]1CC(=O)N(c2ccccc2)C1=O. The molecular formula is C17H16N2O4. The van der Waals surface area contributed by atoms with E-state index in [1.807, 2.05) is 6.07 Å². The number of anilines is 1. The van der Waals surface area contributed by atoms with Crippen molar-refractivity contribution in [1.82, 2.24) is 4.90 Å². The predicted octanol–water partition coefficient (Wildman–Crippen LogP) is 1.96. The number of rotatable bonds is 4. The van der Waals surface area contributed by atoms with Crippen LogP contribution in [0.15, 0.2) is 53.1 Å². The molecule has 1 aliphatic rings. The molecule has 0 saturated carbocycles. The molecule has 6 heteroatoms. The lowest BCUT2D eigenvalue weighted by Gasteiger charge is -2.25. The van der Waals surface area contributed by atoms with Crippen LogP contribution < -0.4 is 4.90 Å². The highest BCUT2D eigenvalue weighted by atomic mass is 16.3. The number of amides is 3. The maximum Gasteiger partial charge on any atom is 0.257 e. The van der Waals surface area contributed by atoms with Crippen molar-refractivity contribution in [1.29, 1.82) is 0 Å². The number of hydrogen-bond donors (Lipinski definition) is 0. The summed E-state index contributed by atoms with van der Waals surface area (Å²) in [6, 6.07) is 11.4. The van der Waals surface area contributed by atoms with Crippen LogP contribution in [0.5, 0.6) is 0 Å². The monoisotopic (exact) mass is 312 g/mol. The first-order chi connectivity index (χ1) is 11.1. The summed E-state index contributed by atoms with van der Waals surface area (Å²) >= 11 is 0. The number of nitrogens with zero attached hydrogens (tertiary/aromatic N) is 2. The highest BCUT2D eigenvalue weighted by Gasteiger charge is 2.43. The van der Waals surface area contributed by atoms with Gasteiger partial charge in [-0.2, -0.15) is 0 Å². The van der Waals surface area contributed by atoms with E-state index in [1.54, 1.807) is 36.4 Å². The summed E-state index contributed by atoms with van der Waals surface area (Å²) in [5.74, 6) is -0.402. The van der Waals surface area contributed by atoms with Gasteiger partial charge in [0.2, 0.25) is 11.8 Å². The molecule has 6 nitrogen and oxygen atoms in total. The maximum atomic E-state index is 12.7. The topological polar surface area (TPSA) is 70.8 Å². The molecule has 0 bridgehead atoms. The van der Waals surface area contributed by atoms with Crippen molar-refractivity contribution in [2.24, 2.45) is 0 Å². The Hall–Kier alpha value is -2.89. The second kappa shape index (κ2) is 6.08. The summed E-state index contributed by atoms with van der Waals surface area (Å²) in [5, 5.41) is 0. The van der Waals surface area contributed by atoms with Gasteiger partial charge in [0.25, 0.3) is 5.91 Å². The average molecular weight is 312 g/mol. The van der Waals surface area contributed by atoms with Gasteiger partial charge in [0.05, 0.1) is 24.9 Å². The van der Waals surface area contributed by atoms with E-state index >= 15 is 0 Å². The quantitative estimate of drug-likeness (QED) is 0.809. The molecule has 2 aromatic rings. The molecule has 2 heterocycles. The number of furan rings is 1. The fourth-order valence-electron chi connectivity index (χ4n) is 2.72. The Morgan fingerprint density at radius 2 is 1.96 bits per heavy atom. The average Bonchev–Trinajstić information content (AvgIpc) is 3.13. The van der Waals surface area contributed by atoms with Crippen LogP contribution in [0.1, 0.15) is 19.1 Å². The summed E-state index contributed by atoms with van der Waals surface area (Å²) in [6.07, 6.45) is 1.49. The molecule has 1 aliphatic heterocycles. The molecule has 0 N–H and O–H groups in total. The highest BCUT2D eigenvalue weighted by Crippen LogP contribution is 2.26. The van der Waals surface area contributed by atoms with Crippen molar-refractivity contribution in [2.75, 3.05) is 4.90 Å². The van der Waals surface area contributed by atoms with Crippen molar-refractivity contribution in [2.45, 2.75) is 25.9 Å². The Morgan fingerprint density at radius 3 is 2.57 bits per heavy atom. The molecule has 23 heavy (non-hydrogen) atoms. The van der Waals surface area contributed by atoms with Crippen molar-refractivity contribution in [3.63, 3.8) is 0 Å². The molecule has 0 unspecified atom stereocenters. The zero-order valence-electron chi connectivity index (χ0n) is 12.6. The first-order valence-electron chi connectivity index (χ1n) is 7.29. The number of para-hydroxylation sites is 1. The number of hydrogen-bond acceptors (Lipinski definition) is 4. The van der Waals surface area contributed by atoms with Gasteiger partial charge in [-0.3, -0.25) is 14.4 Å². The molecule has 3 rings (SSSR count). The maximum absolute atomic E-state index is 12.7. The molecule has 3 amide bonds. The summed E-state index contributed by atoms with van der Waals surface area (Å²) in [7, 11) is 0. The fourth-order valence-corrected chi connectivity index (χ4v) is 2.72. The first kappa shape index (κ1) is 15.0. The minimum atomic E-state index is -0.801. The first-order valence-corrected chi connectivity index (χ1v) is 7.29. The number of benzene rings is 1. The number of imide groups is 1. The van der Waals surface area contributed by atoms with E-state index in [2.05, 4.69) is 0 Å². The Bertz CT molecular complexity index is 724. The van der Waals surface area contributed by atoms with Gasteiger partial charge in [-0.05, 0) is 24.3 Å². The minimum Gasteiger partial charge on any atom is -0.467 e. The lowest BCUT2D eigenvalue weighted by Crippen LogP contribution is -2.44. The smallest absolute Gasteiger partial charge is 0.257 e. The van der Waals surface area contributed by atoms with Gasteiger partial charge >= 0.3 is 0 Å². The summed E-state index contributed by atoms with van der Waals surface area (Å²) in [4.78, 5) is 39.4. The van der Waals surface area contributed by atoms with Gasteiger partial charge in [0, 0.05) is 6.92 Å². The van der Waals surface area contributed by atoms with Gasteiger partial charge in [-0.1, -0.05) is 18.2 Å². The summed E-state index contributed by atoms with van der Waals surface area (Å²) in [6.45, 7) is 1.54. The van der Waals surface area contributed by atoms with Crippen LogP contribution in [-0.4, -0.2) is 28.7 Å². The molecule has 1 aromatic carbocycles. The lowest BCUT2D eigenvalue weighted by molar-refractivity contribution is -0.137. The molecule has 1 saturated heterocycles. The second-order valence-corrected chi connectivity index (χ2v) is 5.35. The standard InChI is InChI=1S/C17H16N2O4/c1-12(20)18(11-14-8-5-9-23-14)15-10-16(21)19(17(15)22)13-6-3-2-4-7-13/h2-9,15H,10-11H2,1H3/t15-/m1/s1. The predicted molar refractivity (Wildman–Crippen MR) is 82.3 cm³/mol. The van der Waals surface area contributed by atoms with Crippen LogP contribution in [0.2, 0.25) is 0 Å². The third-order valence-electron chi connectivity index (χ3n) is 3.82. The lowest BCUT2D eigenvalue weighted by atomic mass is 10.2. The normalized spacial score (nSPS) is 17.6. The molecule has 1 atom stereocenters. The Balaban J connectivity index is 1.86. The Kier molecular flexibility index (Phi) is 3.97. The zero-order valence-corrected chi connectivity index (χ0v) is 12.6. The van der Waals surface area contributed by atoms with E-state index in [4.69, 9.17) is 4.42 Å². The molecule has 118 valence electrons.